The Morgan fingerprint density at radius 3 is 2.82 bits per heavy atom. The van der Waals surface area contributed by atoms with Gasteiger partial charge < -0.3 is 10.1 Å². The van der Waals surface area contributed by atoms with Crippen LogP contribution >= 0.6 is 0 Å². The van der Waals surface area contributed by atoms with Gasteiger partial charge >= 0.3 is 0 Å². The molecule has 2 heteroatoms. The topological polar surface area (TPSA) is 21.3 Å². The Hall–Kier alpha value is -1.02. The quantitative estimate of drug-likeness (QED) is 0.862. The predicted octanol–water partition coefficient (Wildman–Crippen LogP) is 3.15. The maximum absolute atomic E-state index is 6.04. The Kier molecular flexibility index (Phi) is 3.43. The molecule has 1 aliphatic rings. The zero-order valence-corrected chi connectivity index (χ0v) is 11.3. The lowest BCUT2D eigenvalue weighted by Crippen LogP contribution is -2.25. The van der Waals surface area contributed by atoms with E-state index in [0.29, 0.717) is 5.92 Å². The summed E-state index contributed by atoms with van der Waals surface area (Å²) in [6, 6.07) is 6.47. The molecule has 17 heavy (non-hydrogen) atoms. The van der Waals surface area contributed by atoms with Crippen LogP contribution in [-0.4, -0.2) is 12.1 Å². The predicted molar refractivity (Wildman–Crippen MR) is 71.4 cm³/mol. The Morgan fingerprint density at radius 1 is 1.35 bits per heavy atom. The fraction of sp³-hybridized carbons (Fsp3) is 0.600. The van der Waals surface area contributed by atoms with Crippen LogP contribution in [0.2, 0.25) is 0 Å². The van der Waals surface area contributed by atoms with Crippen molar-refractivity contribution in [2.45, 2.75) is 46.3 Å². The maximum atomic E-state index is 6.04. The molecular formula is C15H23NO. The fourth-order valence-corrected chi connectivity index (χ4v) is 2.31. The molecule has 0 atom stereocenters. The van der Waals surface area contributed by atoms with E-state index < -0.39 is 0 Å². The molecule has 0 unspecified atom stereocenters. The average molecular weight is 233 g/mol. The number of nitrogens with one attached hydrogen (secondary N) is 1. The van der Waals surface area contributed by atoms with Crippen molar-refractivity contribution >= 4 is 0 Å². The van der Waals surface area contributed by atoms with Crippen LogP contribution in [0, 0.1) is 5.92 Å². The molecule has 1 aromatic rings. The van der Waals surface area contributed by atoms with Crippen molar-refractivity contribution in [3.8, 4) is 5.75 Å². The molecule has 0 spiro atoms. The number of para-hydroxylation sites is 1. The zero-order chi connectivity index (χ0) is 12.5. The van der Waals surface area contributed by atoms with Crippen molar-refractivity contribution < 1.29 is 4.74 Å². The highest BCUT2D eigenvalue weighted by molar-refractivity contribution is 5.45. The zero-order valence-electron chi connectivity index (χ0n) is 11.3. The minimum atomic E-state index is -0.0452. The fourth-order valence-electron chi connectivity index (χ4n) is 2.31. The van der Waals surface area contributed by atoms with E-state index in [1.165, 1.54) is 11.1 Å². The van der Waals surface area contributed by atoms with Gasteiger partial charge in [-0.25, -0.2) is 0 Å². The van der Waals surface area contributed by atoms with Gasteiger partial charge in [-0.3, -0.25) is 0 Å². The normalized spacial score (nSPS) is 17.0. The van der Waals surface area contributed by atoms with Crippen LogP contribution in [0.15, 0.2) is 18.2 Å². The Labute approximate surface area is 104 Å². The molecule has 1 heterocycles. The molecule has 0 aromatic heterocycles. The van der Waals surface area contributed by atoms with E-state index in [0.717, 1.165) is 25.3 Å². The van der Waals surface area contributed by atoms with Crippen molar-refractivity contribution in [3.63, 3.8) is 0 Å². The number of ether oxygens (including phenoxy) is 1. The van der Waals surface area contributed by atoms with Crippen LogP contribution in [0.25, 0.3) is 0 Å². The van der Waals surface area contributed by atoms with Gasteiger partial charge in [0, 0.05) is 18.5 Å². The average Bonchev–Trinajstić information content (AvgIpc) is 2.52. The number of benzene rings is 1. The van der Waals surface area contributed by atoms with Crippen molar-refractivity contribution in [2.24, 2.45) is 5.92 Å². The summed E-state index contributed by atoms with van der Waals surface area (Å²) < 4.78 is 6.04. The number of hydrogen-bond donors (Lipinski definition) is 1. The Morgan fingerprint density at radius 2 is 2.12 bits per heavy atom. The molecule has 0 bridgehead atoms. The molecule has 0 saturated carbocycles. The van der Waals surface area contributed by atoms with Gasteiger partial charge in [0.1, 0.15) is 11.4 Å². The van der Waals surface area contributed by atoms with Gasteiger partial charge in [-0.15, -0.1) is 0 Å². The largest absolute Gasteiger partial charge is 0.487 e. The second kappa shape index (κ2) is 4.69. The highest BCUT2D eigenvalue weighted by Crippen LogP contribution is 2.37. The van der Waals surface area contributed by atoms with E-state index in [4.69, 9.17) is 4.74 Å². The summed E-state index contributed by atoms with van der Waals surface area (Å²) in [5.41, 5.74) is 2.59. The van der Waals surface area contributed by atoms with Crippen LogP contribution in [0.5, 0.6) is 5.75 Å². The second-order valence-corrected chi connectivity index (χ2v) is 5.97. The molecule has 0 fully saturated rings. The van der Waals surface area contributed by atoms with Gasteiger partial charge in [0.25, 0.3) is 0 Å². The van der Waals surface area contributed by atoms with Crippen LogP contribution in [0.4, 0.5) is 0 Å². The van der Waals surface area contributed by atoms with Gasteiger partial charge in [-0.2, -0.15) is 0 Å². The highest BCUT2D eigenvalue weighted by atomic mass is 16.5. The van der Waals surface area contributed by atoms with Crippen molar-refractivity contribution in [2.75, 3.05) is 6.54 Å². The van der Waals surface area contributed by atoms with E-state index in [1.54, 1.807) is 0 Å². The molecule has 0 saturated heterocycles. The summed E-state index contributed by atoms with van der Waals surface area (Å²) in [6.07, 6.45) is 1.01. The summed E-state index contributed by atoms with van der Waals surface area (Å²) >= 11 is 0. The van der Waals surface area contributed by atoms with E-state index in [9.17, 15) is 0 Å². The molecule has 94 valence electrons. The van der Waals surface area contributed by atoms with Crippen molar-refractivity contribution in [3.05, 3.63) is 29.3 Å². The van der Waals surface area contributed by atoms with Gasteiger partial charge in [0.15, 0.2) is 0 Å². The number of hydrogen-bond acceptors (Lipinski definition) is 2. The molecule has 0 amide bonds. The molecule has 1 aromatic carbocycles. The second-order valence-electron chi connectivity index (χ2n) is 5.97. The van der Waals surface area contributed by atoms with Crippen molar-refractivity contribution in [1.82, 2.24) is 5.32 Å². The lowest BCUT2D eigenvalue weighted by atomic mass is 10.0. The van der Waals surface area contributed by atoms with Gasteiger partial charge in [0.05, 0.1) is 0 Å². The van der Waals surface area contributed by atoms with Crippen LogP contribution in [-0.2, 0) is 13.0 Å². The first-order valence-corrected chi connectivity index (χ1v) is 6.48. The summed E-state index contributed by atoms with van der Waals surface area (Å²) in [6.45, 7) is 10.7. The molecule has 2 nitrogen and oxygen atoms in total. The van der Waals surface area contributed by atoms with Crippen molar-refractivity contribution in [1.29, 1.82) is 0 Å². The number of rotatable bonds is 4. The van der Waals surface area contributed by atoms with E-state index in [-0.39, 0.29) is 5.60 Å². The highest BCUT2D eigenvalue weighted by Gasteiger charge is 2.31. The lowest BCUT2D eigenvalue weighted by molar-refractivity contribution is 0.137. The molecule has 0 aliphatic carbocycles. The summed E-state index contributed by atoms with van der Waals surface area (Å²) in [5, 5.41) is 3.48. The minimum Gasteiger partial charge on any atom is -0.487 e. The third-order valence-corrected chi connectivity index (χ3v) is 3.04. The Bertz CT molecular complexity index is 396. The first-order chi connectivity index (χ1) is 7.98. The first-order valence-electron chi connectivity index (χ1n) is 6.48. The van der Waals surface area contributed by atoms with Gasteiger partial charge in [0.2, 0.25) is 0 Å². The first kappa shape index (κ1) is 12.4. The molecule has 2 rings (SSSR count). The maximum Gasteiger partial charge on any atom is 0.127 e. The van der Waals surface area contributed by atoms with E-state index in [2.05, 4.69) is 51.2 Å². The van der Waals surface area contributed by atoms with Crippen LogP contribution < -0.4 is 10.1 Å². The third-order valence-electron chi connectivity index (χ3n) is 3.04. The molecule has 1 aliphatic heterocycles. The monoisotopic (exact) mass is 233 g/mol. The molecule has 0 radical (unpaired) electrons. The van der Waals surface area contributed by atoms with Crippen LogP contribution in [0.3, 0.4) is 0 Å². The lowest BCUT2D eigenvalue weighted by Gasteiger charge is -2.18. The summed E-state index contributed by atoms with van der Waals surface area (Å²) in [7, 11) is 0. The SMILES string of the molecule is CC(C)CNCc1cccc2c1OC(C)(C)C2. The van der Waals surface area contributed by atoms with Gasteiger partial charge in [-0.1, -0.05) is 32.0 Å². The summed E-state index contributed by atoms with van der Waals surface area (Å²) in [5.74, 6) is 1.79. The smallest absolute Gasteiger partial charge is 0.127 e. The molecular weight excluding hydrogens is 210 g/mol. The number of fused-ring (bicyclic) bond motifs is 1. The van der Waals surface area contributed by atoms with E-state index >= 15 is 0 Å². The van der Waals surface area contributed by atoms with Crippen LogP contribution in [0.1, 0.15) is 38.8 Å². The van der Waals surface area contributed by atoms with E-state index in [1.807, 2.05) is 0 Å². The third kappa shape index (κ3) is 3.01. The molecule has 1 N–H and O–H groups in total. The minimum absolute atomic E-state index is 0.0452. The van der Waals surface area contributed by atoms with Gasteiger partial charge in [-0.05, 0) is 31.9 Å². The standard InChI is InChI=1S/C15H23NO/c1-11(2)9-16-10-13-7-5-6-12-8-15(3,4)17-14(12)13/h5-7,11,16H,8-10H2,1-4H3. The Balaban J connectivity index is 2.08. The summed E-state index contributed by atoms with van der Waals surface area (Å²) in [4.78, 5) is 0.